The van der Waals surface area contributed by atoms with Crippen LogP contribution in [0, 0.1) is 5.41 Å². The maximum absolute atomic E-state index is 12.1. The van der Waals surface area contributed by atoms with Crippen molar-refractivity contribution in [3.05, 3.63) is 18.7 Å². The molecule has 1 heterocycles. The van der Waals surface area contributed by atoms with E-state index in [9.17, 15) is 4.79 Å². The van der Waals surface area contributed by atoms with Gasteiger partial charge in [0, 0.05) is 43.5 Å². The summed E-state index contributed by atoms with van der Waals surface area (Å²) in [6, 6.07) is 0.262. The Morgan fingerprint density at radius 2 is 2.30 bits per heavy atom. The molecule has 3 rings (SSSR count). The van der Waals surface area contributed by atoms with Crippen LogP contribution in [0.5, 0.6) is 0 Å². The molecule has 0 aromatic carbocycles. The summed E-state index contributed by atoms with van der Waals surface area (Å²) in [5.74, 6) is 0. The maximum Gasteiger partial charge on any atom is 0.315 e. The van der Waals surface area contributed by atoms with Crippen molar-refractivity contribution in [2.75, 3.05) is 13.2 Å². The minimum atomic E-state index is -0.0288. The zero-order valence-electron chi connectivity index (χ0n) is 14.0. The average Bonchev–Trinajstić information content (AvgIpc) is 2.97. The molecular weight excluding hydrogens is 292 g/mol. The second kappa shape index (κ2) is 7.34. The molecule has 0 radical (unpaired) electrons. The molecule has 2 fully saturated rings. The third kappa shape index (κ3) is 3.52. The SMILES string of the molecule is CCOC1CC(NC(=O)NCCCCn2ccnc2)C12CCC2. The van der Waals surface area contributed by atoms with Crippen molar-refractivity contribution < 1.29 is 9.53 Å². The Hall–Kier alpha value is -1.56. The van der Waals surface area contributed by atoms with Gasteiger partial charge in [-0.1, -0.05) is 6.42 Å². The molecule has 6 heteroatoms. The predicted molar refractivity (Wildman–Crippen MR) is 88.1 cm³/mol. The normalized spacial score (nSPS) is 24.7. The Morgan fingerprint density at radius 3 is 2.96 bits per heavy atom. The van der Waals surface area contributed by atoms with Crippen LogP contribution in [0.2, 0.25) is 0 Å². The Morgan fingerprint density at radius 1 is 1.43 bits per heavy atom. The van der Waals surface area contributed by atoms with Crippen LogP contribution in [-0.2, 0) is 11.3 Å². The van der Waals surface area contributed by atoms with Crippen LogP contribution in [-0.4, -0.2) is 40.9 Å². The van der Waals surface area contributed by atoms with E-state index in [0.29, 0.717) is 12.1 Å². The van der Waals surface area contributed by atoms with E-state index < -0.39 is 0 Å². The molecule has 1 aromatic heterocycles. The number of ether oxygens (including phenoxy) is 1. The van der Waals surface area contributed by atoms with Gasteiger partial charge in [0.05, 0.1) is 12.4 Å². The lowest BCUT2D eigenvalue weighted by atomic mass is 9.51. The smallest absolute Gasteiger partial charge is 0.315 e. The van der Waals surface area contributed by atoms with Crippen molar-refractivity contribution in [2.24, 2.45) is 5.41 Å². The summed E-state index contributed by atoms with van der Waals surface area (Å²) in [6.45, 7) is 4.48. The Balaban J connectivity index is 1.31. The summed E-state index contributed by atoms with van der Waals surface area (Å²) >= 11 is 0. The van der Waals surface area contributed by atoms with Crippen LogP contribution in [0.25, 0.3) is 0 Å². The molecule has 2 aliphatic rings. The van der Waals surface area contributed by atoms with Gasteiger partial charge >= 0.3 is 6.03 Å². The predicted octanol–water partition coefficient (Wildman–Crippen LogP) is 2.31. The lowest BCUT2D eigenvalue weighted by Gasteiger charge is -2.60. The van der Waals surface area contributed by atoms with E-state index >= 15 is 0 Å². The number of hydrogen-bond acceptors (Lipinski definition) is 3. The highest BCUT2D eigenvalue weighted by Crippen LogP contribution is 2.57. The first-order chi connectivity index (χ1) is 11.2. The highest BCUT2D eigenvalue weighted by molar-refractivity contribution is 5.74. The largest absolute Gasteiger partial charge is 0.378 e. The van der Waals surface area contributed by atoms with Crippen molar-refractivity contribution in [3.8, 4) is 0 Å². The number of imidazole rings is 1. The second-order valence-electron chi connectivity index (χ2n) is 6.73. The van der Waals surface area contributed by atoms with Gasteiger partial charge in [0.15, 0.2) is 0 Å². The van der Waals surface area contributed by atoms with Crippen molar-refractivity contribution in [1.82, 2.24) is 20.2 Å². The first-order valence-electron chi connectivity index (χ1n) is 8.86. The van der Waals surface area contributed by atoms with Crippen molar-refractivity contribution in [1.29, 1.82) is 0 Å². The molecule has 1 spiro atoms. The minimum Gasteiger partial charge on any atom is -0.378 e. The summed E-state index contributed by atoms with van der Waals surface area (Å²) in [7, 11) is 0. The van der Waals surface area contributed by atoms with Crippen LogP contribution >= 0.6 is 0 Å². The topological polar surface area (TPSA) is 68.2 Å². The number of aromatic nitrogens is 2. The molecule has 2 amide bonds. The molecule has 6 nitrogen and oxygen atoms in total. The fraction of sp³-hybridized carbons (Fsp3) is 0.765. The van der Waals surface area contributed by atoms with Gasteiger partial charge in [-0.15, -0.1) is 0 Å². The molecule has 2 aliphatic carbocycles. The number of carbonyl (C=O) groups is 1. The molecule has 2 N–H and O–H groups in total. The van der Waals surface area contributed by atoms with E-state index in [1.54, 1.807) is 6.20 Å². The molecule has 1 aromatic rings. The van der Waals surface area contributed by atoms with Gasteiger partial charge in [-0.3, -0.25) is 0 Å². The fourth-order valence-electron chi connectivity index (χ4n) is 3.89. The monoisotopic (exact) mass is 320 g/mol. The van der Waals surface area contributed by atoms with Gasteiger partial charge in [-0.2, -0.15) is 0 Å². The van der Waals surface area contributed by atoms with Gasteiger partial charge in [0.25, 0.3) is 0 Å². The summed E-state index contributed by atoms with van der Waals surface area (Å²) < 4.78 is 7.87. The number of urea groups is 1. The molecule has 0 aliphatic heterocycles. The second-order valence-corrected chi connectivity index (χ2v) is 6.73. The number of amides is 2. The number of rotatable bonds is 8. The number of aryl methyl sites for hydroxylation is 1. The third-order valence-electron chi connectivity index (χ3n) is 5.43. The molecule has 0 bridgehead atoms. The number of hydrogen-bond donors (Lipinski definition) is 2. The van der Waals surface area contributed by atoms with Gasteiger partial charge in [0.1, 0.15) is 0 Å². The average molecular weight is 320 g/mol. The first-order valence-corrected chi connectivity index (χ1v) is 8.86. The Bertz CT molecular complexity index is 499. The molecular formula is C17H28N4O2. The first kappa shape index (κ1) is 16.3. The van der Waals surface area contributed by atoms with Crippen LogP contribution in [0.3, 0.4) is 0 Å². The molecule has 2 unspecified atom stereocenters. The number of unbranched alkanes of at least 4 members (excludes halogenated alkanes) is 1. The van der Waals surface area contributed by atoms with E-state index in [4.69, 9.17) is 4.74 Å². The van der Waals surface area contributed by atoms with Crippen molar-refractivity contribution in [2.45, 2.75) is 64.1 Å². The van der Waals surface area contributed by atoms with E-state index in [2.05, 4.69) is 20.2 Å². The molecule has 2 saturated carbocycles. The summed E-state index contributed by atoms with van der Waals surface area (Å²) in [5.41, 5.74) is 0.231. The van der Waals surface area contributed by atoms with E-state index in [0.717, 1.165) is 39.0 Å². The lowest BCUT2D eigenvalue weighted by molar-refractivity contribution is -0.169. The summed E-state index contributed by atoms with van der Waals surface area (Å²) in [6.07, 6.45) is 12.5. The van der Waals surface area contributed by atoms with Crippen LogP contribution in [0.15, 0.2) is 18.7 Å². The van der Waals surface area contributed by atoms with Gasteiger partial charge in [-0.25, -0.2) is 9.78 Å². The van der Waals surface area contributed by atoms with Crippen LogP contribution in [0.4, 0.5) is 4.79 Å². The van der Waals surface area contributed by atoms with E-state index in [1.807, 2.05) is 19.4 Å². The van der Waals surface area contributed by atoms with Crippen molar-refractivity contribution in [3.63, 3.8) is 0 Å². The summed E-state index contributed by atoms with van der Waals surface area (Å²) in [4.78, 5) is 16.1. The minimum absolute atomic E-state index is 0.0288. The number of nitrogens with one attached hydrogen (secondary N) is 2. The Kier molecular flexibility index (Phi) is 5.20. The molecule has 128 valence electrons. The standard InChI is InChI=1S/C17H28N4O2/c1-2-23-15-12-14(17(15)6-5-7-17)20-16(22)19-8-3-4-10-21-11-9-18-13-21/h9,11,13-15H,2-8,10,12H2,1H3,(H2,19,20,22). The van der Waals surface area contributed by atoms with Crippen LogP contribution in [0.1, 0.15) is 45.4 Å². The fourth-order valence-corrected chi connectivity index (χ4v) is 3.89. The van der Waals surface area contributed by atoms with Crippen molar-refractivity contribution >= 4 is 6.03 Å². The number of carbonyl (C=O) groups excluding carboxylic acids is 1. The zero-order chi connectivity index (χ0) is 16.1. The van der Waals surface area contributed by atoms with Gasteiger partial charge in [-0.05, 0) is 39.0 Å². The van der Waals surface area contributed by atoms with E-state index in [1.165, 1.54) is 19.3 Å². The highest BCUT2D eigenvalue weighted by atomic mass is 16.5. The number of nitrogens with zero attached hydrogens (tertiary/aromatic N) is 2. The molecule has 0 saturated heterocycles. The molecule has 23 heavy (non-hydrogen) atoms. The van der Waals surface area contributed by atoms with Crippen LogP contribution < -0.4 is 10.6 Å². The molecule has 2 atom stereocenters. The Labute approximate surface area is 138 Å². The summed E-state index contributed by atoms with van der Waals surface area (Å²) in [5, 5.41) is 6.14. The van der Waals surface area contributed by atoms with Gasteiger partial charge < -0.3 is 19.9 Å². The third-order valence-corrected chi connectivity index (χ3v) is 5.43. The lowest BCUT2D eigenvalue weighted by Crippen LogP contribution is -2.68. The quantitative estimate of drug-likeness (QED) is 0.722. The van der Waals surface area contributed by atoms with Gasteiger partial charge in [0.2, 0.25) is 0 Å². The zero-order valence-corrected chi connectivity index (χ0v) is 14.0. The van der Waals surface area contributed by atoms with E-state index in [-0.39, 0.29) is 11.4 Å². The highest BCUT2D eigenvalue weighted by Gasteiger charge is 2.59. The maximum atomic E-state index is 12.1.